The lowest BCUT2D eigenvalue weighted by Crippen LogP contribution is -2.40. The average Bonchev–Trinajstić information content (AvgIpc) is 2.96. The second-order valence-electron chi connectivity index (χ2n) is 6.28. The molecule has 2 aliphatic rings. The molecule has 2 N–H and O–H groups in total. The smallest absolute Gasteiger partial charge is 0.338 e. The van der Waals surface area contributed by atoms with E-state index in [0.29, 0.717) is 10.6 Å². The standard InChI is InChI=1S/C19H20N2O5S/c1-9-5-7-11(8-6-9)12-13(18(23)25-3)15(20)21-16(22)10(2)27-17(21)14(12)19(24)26-4/h5-8,10,12H,20H2,1-4H3/t10-,12-/m0/s1. The van der Waals surface area contributed by atoms with Gasteiger partial charge in [0, 0.05) is 0 Å². The number of methoxy groups -OCH3 is 2. The molecule has 1 saturated heterocycles. The molecule has 1 aromatic carbocycles. The van der Waals surface area contributed by atoms with Crippen molar-refractivity contribution in [2.75, 3.05) is 14.2 Å². The van der Waals surface area contributed by atoms with Crippen molar-refractivity contribution in [2.24, 2.45) is 5.73 Å². The number of nitrogens with two attached hydrogens (primary N) is 1. The molecule has 0 aliphatic carbocycles. The number of esters is 2. The summed E-state index contributed by atoms with van der Waals surface area (Å²) in [5.74, 6) is -2.42. The fraction of sp³-hybridized carbons (Fsp3) is 0.316. The number of hydrogen-bond acceptors (Lipinski definition) is 7. The van der Waals surface area contributed by atoms with E-state index in [2.05, 4.69) is 0 Å². The van der Waals surface area contributed by atoms with Gasteiger partial charge >= 0.3 is 11.9 Å². The summed E-state index contributed by atoms with van der Waals surface area (Å²) in [6.45, 7) is 3.66. The minimum atomic E-state index is -0.789. The fourth-order valence-electron chi connectivity index (χ4n) is 3.24. The normalized spacial score (nSPS) is 22.1. The number of hydrogen-bond donors (Lipinski definition) is 1. The van der Waals surface area contributed by atoms with Crippen LogP contribution in [0.1, 0.15) is 24.0 Å². The molecule has 0 radical (unpaired) electrons. The van der Waals surface area contributed by atoms with Gasteiger partial charge in [-0.1, -0.05) is 41.6 Å². The number of amides is 1. The van der Waals surface area contributed by atoms with Crippen molar-refractivity contribution in [1.29, 1.82) is 0 Å². The molecule has 1 amide bonds. The van der Waals surface area contributed by atoms with E-state index in [1.54, 1.807) is 6.92 Å². The van der Waals surface area contributed by atoms with Gasteiger partial charge in [-0.2, -0.15) is 0 Å². The molecule has 0 spiro atoms. The minimum absolute atomic E-state index is 0.0167. The van der Waals surface area contributed by atoms with Gasteiger partial charge in [0.15, 0.2) is 0 Å². The number of fused-ring (bicyclic) bond motifs is 1. The summed E-state index contributed by atoms with van der Waals surface area (Å²) < 4.78 is 9.89. The monoisotopic (exact) mass is 388 g/mol. The first-order valence-corrected chi connectivity index (χ1v) is 9.17. The van der Waals surface area contributed by atoms with Gasteiger partial charge in [0.25, 0.3) is 0 Å². The molecule has 1 aromatic rings. The summed E-state index contributed by atoms with van der Waals surface area (Å²) in [5, 5.41) is -0.0380. The lowest BCUT2D eigenvalue weighted by molar-refractivity contribution is -0.137. The average molecular weight is 388 g/mol. The zero-order valence-corrected chi connectivity index (χ0v) is 16.3. The molecular weight excluding hydrogens is 368 g/mol. The van der Waals surface area contributed by atoms with Gasteiger partial charge in [0.1, 0.15) is 5.82 Å². The topological polar surface area (TPSA) is 98.9 Å². The second-order valence-corrected chi connectivity index (χ2v) is 7.61. The zero-order valence-electron chi connectivity index (χ0n) is 15.4. The quantitative estimate of drug-likeness (QED) is 0.788. The lowest BCUT2D eigenvalue weighted by Gasteiger charge is -2.32. The van der Waals surface area contributed by atoms with Crippen molar-refractivity contribution >= 4 is 29.6 Å². The molecule has 2 heterocycles. The van der Waals surface area contributed by atoms with Gasteiger partial charge in [-0.05, 0) is 19.4 Å². The third-order valence-corrected chi connectivity index (χ3v) is 5.79. The first-order chi connectivity index (χ1) is 12.8. The van der Waals surface area contributed by atoms with E-state index in [0.717, 1.165) is 5.56 Å². The van der Waals surface area contributed by atoms with E-state index in [1.165, 1.54) is 30.9 Å². The van der Waals surface area contributed by atoms with Crippen molar-refractivity contribution in [1.82, 2.24) is 4.90 Å². The van der Waals surface area contributed by atoms with Crippen LogP contribution in [0.15, 0.2) is 46.3 Å². The molecular formula is C19H20N2O5S. The molecule has 0 aromatic heterocycles. The van der Waals surface area contributed by atoms with Crippen LogP contribution in [-0.4, -0.2) is 42.2 Å². The SMILES string of the molecule is COC(=O)C1=C(N)N2C(=O)[C@H](C)SC2=C(C(=O)OC)[C@H]1c1ccc(C)cc1. The maximum Gasteiger partial charge on any atom is 0.338 e. The zero-order chi connectivity index (χ0) is 19.9. The summed E-state index contributed by atoms with van der Waals surface area (Å²) in [7, 11) is 2.49. The molecule has 0 bridgehead atoms. The Hall–Kier alpha value is -2.74. The summed E-state index contributed by atoms with van der Waals surface area (Å²) in [6, 6.07) is 7.39. The number of carbonyl (C=O) groups is 3. The molecule has 27 heavy (non-hydrogen) atoms. The predicted octanol–water partition coefficient (Wildman–Crippen LogP) is 1.78. The highest BCUT2D eigenvalue weighted by Gasteiger charge is 2.48. The van der Waals surface area contributed by atoms with Crippen LogP contribution < -0.4 is 5.73 Å². The number of aryl methyl sites for hydroxylation is 1. The van der Waals surface area contributed by atoms with Crippen molar-refractivity contribution < 1.29 is 23.9 Å². The number of rotatable bonds is 3. The number of carbonyl (C=O) groups excluding carboxylic acids is 3. The van der Waals surface area contributed by atoms with Crippen LogP contribution in [0.5, 0.6) is 0 Å². The highest BCUT2D eigenvalue weighted by Crippen LogP contribution is 2.49. The highest BCUT2D eigenvalue weighted by molar-refractivity contribution is 8.04. The van der Waals surface area contributed by atoms with Crippen LogP contribution in [0.2, 0.25) is 0 Å². The van der Waals surface area contributed by atoms with Crippen molar-refractivity contribution in [3.63, 3.8) is 0 Å². The van der Waals surface area contributed by atoms with E-state index in [4.69, 9.17) is 15.2 Å². The number of ether oxygens (including phenoxy) is 2. The predicted molar refractivity (Wildman–Crippen MR) is 100 cm³/mol. The third-order valence-electron chi connectivity index (χ3n) is 4.61. The molecule has 7 nitrogen and oxygen atoms in total. The molecule has 142 valence electrons. The van der Waals surface area contributed by atoms with Crippen LogP contribution in [0, 0.1) is 6.92 Å². The Morgan fingerprint density at radius 2 is 1.63 bits per heavy atom. The Kier molecular flexibility index (Phi) is 5.01. The van der Waals surface area contributed by atoms with E-state index in [1.807, 2.05) is 31.2 Å². The van der Waals surface area contributed by atoms with E-state index < -0.39 is 23.1 Å². The molecule has 2 atom stereocenters. The third kappa shape index (κ3) is 2.99. The van der Waals surface area contributed by atoms with Crippen LogP contribution >= 0.6 is 11.8 Å². The Labute approximate surface area is 161 Å². The largest absolute Gasteiger partial charge is 0.466 e. The van der Waals surface area contributed by atoms with Gasteiger partial charge < -0.3 is 15.2 Å². The molecule has 2 aliphatic heterocycles. The number of thioether (sulfide) groups is 1. The Morgan fingerprint density at radius 3 is 2.19 bits per heavy atom. The maximum absolute atomic E-state index is 12.7. The molecule has 3 rings (SSSR count). The van der Waals surface area contributed by atoms with Crippen LogP contribution in [0.3, 0.4) is 0 Å². The Bertz CT molecular complexity index is 888. The number of benzene rings is 1. The minimum Gasteiger partial charge on any atom is -0.466 e. The summed E-state index contributed by atoms with van der Waals surface area (Å²) in [6.07, 6.45) is 0. The molecule has 8 heteroatoms. The van der Waals surface area contributed by atoms with Crippen molar-refractivity contribution in [3.8, 4) is 0 Å². The van der Waals surface area contributed by atoms with Crippen molar-refractivity contribution in [2.45, 2.75) is 25.0 Å². The van der Waals surface area contributed by atoms with Gasteiger partial charge in [0.2, 0.25) is 5.91 Å². The number of nitrogens with zero attached hydrogens (tertiary/aromatic N) is 1. The Balaban J connectivity index is 2.32. The lowest BCUT2D eigenvalue weighted by atomic mass is 9.82. The first kappa shape index (κ1) is 19.0. The van der Waals surface area contributed by atoms with E-state index in [-0.39, 0.29) is 22.9 Å². The maximum atomic E-state index is 12.7. The first-order valence-electron chi connectivity index (χ1n) is 8.29. The highest BCUT2D eigenvalue weighted by atomic mass is 32.2. The fourth-order valence-corrected chi connectivity index (χ4v) is 4.40. The van der Waals surface area contributed by atoms with Gasteiger partial charge in [-0.15, -0.1) is 0 Å². The molecule has 1 fully saturated rings. The summed E-state index contributed by atoms with van der Waals surface area (Å²) >= 11 is 1.22. The summed E-state index contributed by atoms with van der Waals surface area (Å²) in [5.41, 5.74) is 8.21. The van der Waals surface area contributed by atoms with Gasteiger partial charge in [-0.25, -0.2) is 9.59 Å². The Morgan fingerprint density at radius 1 is 1.07 bits per heavy atom. The van der Waals surface area contributed by atoms with Crippen LogP contribution in [0.25, 0.3) is 0 Å². The van der Waals surface area contributed by atoms with E-state index >= 15 is 0 Å². The molecule has 0 unspecified atom stereocenters. The second kappa shape index (κ2) is 7.11. The summed E-state index contributed by atoms with van der Waals surface area (Å²) in [4.78, 5) is 39.1. The van der Waals surface area contributed by atoms with E-state index in [9.17, 15) is 14.4 Å². The van der Waals surface area contributed by atoms with Crippen molar-refractivity contribution in [3.05, 3.63) is 57.4 Å². The van der Waals surface area contributed by atoms with Gasteiger partial charge in [0.05, 0.1) is 41.6 Å². The van der Waals surface area contributed by atoms with Gasteiger partial charge in [-0.3, -0.25) is 9.69 Å². The van der Waals surface area contributed by atoms with Crippen LogP contribution in [-0.2, 0) is 23.9 Å². The van der Waals surface area contributed by atoms with Crippen LogP contribution in [0.4, 0.5) is 0 Å². The molecule has 0 saturated carbocycles.